The number of rotatable bonds is 8. The summed E-state index contributed by atoms with van der Waals surface area (Å²) in [5.74, 6) is 1.53. The van der Waals surface area contributed by atoms with Crippen molar-refractivity contribution in [1.29, 1.82) is 0 Å². The predicted molar refractivity (Wildman–Crippen MR) is 81.4 cm³/mol. The molecule has 0 amide bonds. The van der Waals surface area contributed by atoms with Crippen molar-refractivity contribution in [2.45, 2.75) is 39.8 Å². The van der Waals surface area contributed by atoms with Crippen LogP contribution in [-0.4, -0.2) is 31.1 Å². The van der Waals surface area contributed by atoms with Gasteiger partial charge < -0.3 is 15.4 Å². The van der Waals surface area contributed by atoms with Gasteiger partial charge in [-0.2, -0.15) is 0 Å². The van der Waals surface area contributed by atoms with Crippen LogP contribution in [0, 0.1) is 5.92 Å². The van der Waals surface area contributed by atoms with Crippen LogP contribution in [0.25, 0.3) is 0 Å². The number of nitrogens with zero attached hydrogens (tertiary/aromatic N) is 1. The third-order valence-electron chi connectivity index (χ3n) is 3.23. The summed E-state index contributed by atoms with van der Waals surface area (Å²) >= 11 is 0. The van der Waals surface area contributed by atoms with E-state index in [1.807, 2.05) is 26.0 Å². The summed E-state index contributed by atoms with van der Waals surface area (Å²) in [7, 11) is 2.15. The number of hydrogen-bond donors (Lipinski definition) is 1. The summed E-state index contributed by atoms with van der Waals surface area (Å²) in [6.07, 6.45) is 1.37. The van der Waals surface area contributed by atoms with Gasteiger partial charge in [0.1, 0.15) is 5.75 Å². The standard InChI is InChI=1S/C16H28N2O/c1-5-14(10-17)11-18(4)12-15-6-8-16(9-7-15)19-13(2)3/h6-9,13-14H,5,10-12,17H2,1-4H3. The number of nitrogens with two attached hydrogens (primary N) is 1. The Morgan fingerprint density at radius 1 is 1.21 bits per heavy atom. The highest BCUT2D eigenvalue weighted by molar-refractivity contribution is 5.27. The lowest BCUT2D eigenvalue weighted by molar-refractivity contribution is 0.242. The van der Waals surface area contributed by atoms with Gasteiger partial charge in [0.05, 0.1) is 6.10 Å². The van der Waals surface area contributed by atoms with Gasteiger partial charge in [0.2, 0.25) is 0 Å². The van der Waals surface area contributed by atoms with E-state index in [-0.39, 0.29) is 6.10 Å². The maximum Gasteiger partial charge on any atom is 0.119 e. The van der Waals surface area contributed by atoms with Gasteiger partial charge in [0.15, 0.2) is 0 Å². The Morgan fingerprint density at radius 3 is 2.32 bits per heavy atom. The average Bonchev–Trinajstić information content (AvgIpc) is 2.37. The number of hydrogen-bond acceptors (Lipinski definition) is 3. The number of benzene rings is 1. The van der Waals surface area contributed by atoms with Gasteiger partial charge in [0.25, 0.3) is 0 Å². The molecule has 0 spiro atoms. The van der Waals surface area contributed by atoms with E-state index >= 15 is 0 Å². The van der Waals surface area contributed by atoms with Crippen LogP contribution in [0.1, 0.15) is 32.8 Å². The van der Waals surface area contributed by atoms with E-state index in [4.69, 9.17) is 10.5 Å². The van der Waals surface area contributed by atoms with Gasteiger partial charge in [0, 0.05) is 13.1 Å². The molecule has 0 heterocycles. The van der Waals surface area contributed by atoms with Crippen molar-refractivity contribution < 1.29 is 4.74 Å². The molecule has 1 aromatic carbocycles. The van der Waals surface area contributed by atoms with E-state index in [9.17, 15) is 0 Å². The fraction of sp³-hybridized carbons (Fsp3) is 0.625. The molecule has 0 aliphatic rings. The monoisotopic (exact) mass is 264 g/mol. The van der Waals surface area contributed by atoms with Crippen LogP contribution >= 0.6 is 0 Å². The zero-order valence-corrected chi connectivity index (χ0v) is 12.7. The molecule has 1 rings (SSSR count). The van der Waals surface area contributed by atoms with Crippen LogP contribution in [0.4, 0.5) is 0 Å². The van der Waals surface area contributed by atoms with E-state index in [0.717, 1.165) is 31.8 Å². The minimum absolute atomic E-state index is 0.225. The first-order valence-electron chi connectivity index (χ1n) is 7.19. The Kier molecular flexibility index (Phi) is 6.89. The Labute approximate surface area is 117 Å². The first-order valence-corrected chi connectivity index (χ1v) is 7.19. The third kappa shape index (κ3) is 6.08. The molecule has 1 aromatic rings. The maximum atomic E-state index is 5.75. The summed E-state index contributed by atoms with van der Waals surface area (Å²) in [5.41, 5.74) is 7.06. The van der Waals surface area contributed by atoms with Crippen molar-refractivity contribution >= 4 is 0 Å². The van der Waals surface area contributed by atoms with E-state index in [1.54, 1.807) is 0 Å². The molecule has 1 unspecified atom stereocenters. The highest BCUT2D eigenvalue weighted by Gasteiger charge is 2.08. The minimum atomic E-state index is 0.225. The second kappa shape index (κ2) is 8.18. The topological polar surface area (TPSA) is 38.5 Å². The highest BCUT2D eigenvalue weighted by Crippen LogP contribution is 2.15. The lowest BCUT2D eigenvalue weighted by Crippen LogP contribution is -2.29. The van der Waals surface area contributed by atoms with Crippen molar-refractivity contribution in [3.8, 4) is 5.75 Å². The predicted octanol–water partition coefficient (Wildman–Crippen LogP) is 2.89. The summed E-state index contributed by atoms with van der Waals surface area (Å²) in [5, 5.41) is 0. The van der Waals surface area contributed by atoms with Gasteiger partial charge in [-0.3, -0.25) is 0 Å². The zero-order valence-electron chi connectivity index (χ0n) is 12.7. The Hall–Kier alpha value is -1.06. The van der Waals surface area contributed by atoms with Crippen molar-refractivity contribution in [2.75, 3.05) is 20.1 Å². The molecule has 0 aromatic heterocycles. The molecule has 1 atom stereocenters. The lowest BCUT2D eigenvalue weighted by atomic mass is 10.1. The summed E-state index contributed by atoms with van der Waals surface area (Å²) in [6.45, 7) is 9.06. The molecule has 19 heavy (non-hydrogen) atoms. The largest absolute Gasteiger partial charge is 0.491 e. The first-order chi connectivity index (χ1) is 9.05. The summed E-state index contributed by atoms with van der Waals surface area (Å²) in [4.78, 5) is 2.33. The van der Waals surface area contributed by atoms with Gasteiger partial charge in [-0.1, -0.05) is 25.5 Å². The maximum absolute atomic E-state index is 5.75. The Balaban J connectivity index is 2.48. The van der Waals surface area contributed by atoms with Crippen LogP contribution in [-0.2, 0) is 6.54 Å². The summed E-state index contributed by atoms with van der Waals surface area (Å²) in [6, 6.07) is 8.36. The van der Waals surface area contributed by atoms with Gasteiger partial charge in [-0.05, 0) is 51.1 Å². The van der Waals surface area contributed by atoms with Crippen molar-refractivity contribution in [3.63, 3.8) is 0 Å². The van der Waals surface area contributed by atoms with Gasteiger partial charge in [-0.25, -0.2) is 0 Å². The lowest BCUT2D eigenvalue weighted by Gasteiger charge is -2.22. The smallest absolute Gasteiger partial charge is 0.119 e. The van der Waals surface area contributed by atoms with Crippen LogP contribution in [0.2, 0.25) is 0 Å². The second-order valence-corrected chi connectivity index (χ2v) is 5.52. The fourth-order valence-electron chi connectivity index (χ4n) is 2.13. The van der Waals surface area contributed by atoms with Crippen LogP contribution in [0.5, 0.6) is 5.75 Å². The van der Waals surface area contributed by atoms with Gasteiger partial charge in [-0.15, -0.1) is 0 Å². The molecular weight excluding hydrogens is 236 g/mol. The molecular formula is C16H28N2O. The third-order valence-corrected chi connectivity index (χ3v) is 3.23. The molecule has 0 fully saturated rings. The molecule has 0 saturated heterocycles. The van der Waals surface area contributed by atoms with Crippen molar-refractivity contribution in [1.82, 2.24) is 4.90 Å². The van der Waals surface area contributed by atoms with Crippen LogP contribution in [0.3, 0.4) is 0 Å². The van der Waals surface area contributed by atoms with Crippen LogP contribution in [0.15, 0.2) is 24.3 Å². The molecule has 0 radical (unpaired) electrons. The van der Waals surface area contributed by atoms with Gasteiger partial charge >= 0.3 is 0 Å². The van der Waals surface area contributed by atoms with Crippen LogP contribution < -0.4 is 10.5 Å². The molecule has 3 nitrogen and oxygen atoms in total. The Morgan fingerprint density at radius 2 is 1.84 bits per heavy atom. The second-order valence-electron chi connectivity index (χ2n) is 5.52. The van der Waals surface area contributed by atoms with Crippen molar-refractivity contribution in [3.05, 3.63) is 29.8 Å². The Bertz CT molecular complexity index is 344. The quantitative estimate of drug-likeness (QED) is 0.784. The molecule has 0 saturated carbocycles. The zero-order chi connectivity index (χ0) is 14.3. The highest BCUT2D eigenvalue weighted by atomic mass is 16.5. The molecule has 2 N–H and O–H groups in total. The molecule has 108 valence electrons. The molecule has 0 aliphatic heterocycles. The SMILES string of the molecule is CCC(CN)CN(C)Cc1ccc(OC(C)C)cc1. The summed E-state index contributed by atoms with van der Waals surface area (Å²) < 4.78 is 5.64. The molecule has 0 bridgehead atoms. The molecule has 0 aliphatic carbocycles. The number of ether oxygens (including phenoxy) is 1. The fourth-order valence-corrected chi connectivity index (χ4v) is 2.13. The van der Waals surface area contributed by atoms with E-state index in [1.165, 1.54) is 5.56 Å². The van der Waals surface area contributed by atoms with Crippen molar-refractivity contribution in [2.24, 2.45) is 11.7 Å². The van der Waals surface area contributed by atoms with E-state index in [0.29, 0.717) is 5.92 Å². The average molecular weight is 264 g/mol. The molecule has 3 heteroatoms. The van der Waals surface area contributed by atoms with E-state index in [2.05, 4.69) is 31.0 Å². The van der Waals surface area contributed by atoms with E-state index < -0.39 is 0 Å². The first kappa shape index (κ1) is 16.0. The minimum Gasteiger partial charge on any atom is -0.491 e. The normalized spacial score (nSPS) is 13.0.